The Kier molecular flexibility index (Phi) is 5.30. The number of nitrogens with one attached hydrogen (secondary N) is 1. The van der Waals surface area contributed by atoms with Gasteiger partial charge in [-0.2, -0.15) is 0 Å². The molecule has 0 amide bonds. The lowest BCUT2D eigenvalue weighted by atomic mass is 9.95. The first-order valence-corrected chi connectivity index (χ1v) is 6.51. The Morgan fingerprint density at radius 2 is 2.05 bits per heavy atom. The standard InChI is InChI=1S/C14H22N2O3/c1-11(2)8-9-14(3,17)10-15-12-6-4-5-7-13(12)16(18)19/h4-7,11,15,17H,8-10H2,1-3H3. The van der Waals surface area contributed by atoms with E-state index in [9.17, 15) is 15.2 Å². The van der Waals surface area contributed by atoms with Crippen molar-refractivity contribution in [3.05, 3.63) is 34.4 Å². The van der Waals surface area contributed by atoms with Gasteiger partial charge in [-0.05, 0) is 31.7 Å². The number of hydrogen-bond donors (Lipinski definition) is 2. The molecule has 1 aromatic carbocycles. The molecule has 0 radical (unpaired) electrons. The second kappa shape index (κ2) is 6.52. The molecule has 1 atom stereocenters. The quantitative estimate of drug-likeness (QED) is 0.587. The highest BCUT2D eigenvalue weighted by Gasteiger charge is 2.22. The number of rotatable bonds is 7. The Morgan fingerprint density at radius 3 is 2.63 bits per heavy atom. The first kappa shape index (κ1) is 15.4. The van der Waals surface area contributed by atoms with Crippen molar-refractivity contribution >= 4 is 11.4 Å². The van der Waals surface area contributed by atoms with E-state index in [2.05, 4.69) is 19.2 Å². The zero-order valence-corrected chi connectivity index (χ0v) is 11.7. The molecule has 5 heteroatoms. The van der Waals surface area contributed by atoms with Crippen LogP contribution in [0.4, 0.5) is 11.4 Å². The molecule has 106 valence electrons. The number of para-hydroxylation sites is 2. The molecule has 1 unspecified atom stereocenters. The number of hydrogen-bond acceptors (Lipinski definition) is 4. The smallest absolute Gasteiger partial charge is 0.292 e. The zero-order chi connectivity index (χ0) is 14.5. The van der Waals surface area contributed by atoms with Crippen molar-refractivity contribution < 1.29 is 10.0 Å². The average molecular weight is 266 g/mol. The van der Waals surface area contributed by atoms with E-state index in [4.69, 9.17) is 0 Å². The Balaban J connectivity index is 2.63. The number of nitrogens with zero attached hydrogens (tertiary/aromatic N) is 1. The topological polar surface area (TPSA) is 75.4 Å². The van der Waals surface area contributed by atoms with E-state index in [1.807, 2.05) is 0 Å². The van der Waals surface area contributed by atoms with Crippen LogP contribution in [0.1, 0.15) is 33.6 Å². The van der Waals surface area contributed by atoms with Crippen molar-refractivity contribution in [2.75, 3.05) is 11.9 Å². The summed E-state index contributed by atoms with van der Waals surface area (Å²) in [7, 11) is 0. The molecular formula is C14H22N2O3. The van der Waals surface area contributed by atoms with Crippen LogP contribution in [-0.4, -0.2) is 22.2 Å². The maximum atomic E-state index is 10.9. The minimum Gasteiger partial charge on any atom is -0.388 e. The summed E-state index contributed by atoms with van der Waals surface area (Å²) in [6.07, 6.45) is 1.59. The Morgan fingerprint density at radius 1 is 1.42 bits per heavy atom. The van der Waals surface area contributed by atoms with Gasteiger partial charge in [0.05, 0.1) is 10.5 Å². The van der Waals surface area contributed by atoms with Gasteiger partial charge in [-0.1, -0.05) is 26.0 Å². The SMILES string of the molecule is CC(C)CCC(C)(O)CNc1ccccc1[N+](=O)[O-]. The van der Waals surface area contributed by atoms with Gasteiger partial charge in [0.25, 0.3) is 5.69 Å². The van der Waals surface area contributed by atoms with Gasteiger partial charge in [0.15, 0.2) is 0 Å². The third-order valence-electron chi connectivity index (χ3n) is 3.02. The van der Waals surface area contributed by atoms with Gasteiger partial charge < -0.3 is 10.4 Å². The summed E-state index contributed by atoms with van der Waals surface area (Å²) in [5.74, 6) is 0.525. The van der Waals surface area contributed by atoms with Gasteiger partial charge in [-0.25, -0.2) is 0 Å². The molecule has 0 aromatic heterocycles. The van der Waals surface area contributed by atoms with Crippen molar-refractivity contribution in [2.45, 2.75) is 39.2 Å². The Bertz CT molecular complexity index is 430. The number of benzene rings is 1. The van der Waals surface area contributed by atoms with Gasteiger partial charge in [-0.15, -0.1) is 0 Å². The van der Waals surface area contributed by atoms with Crippen molar-refractivity contribution in [3.63, 3.8) is 0 Å². The number of aliphatic hydroxyl groups is 1. The molecule has 0 aliphatic carbocycles. The highest BCUT2D eigenvalue weighted by molar-refractivity contribution is 5.61. The van der Waals surface area contributed by atoms with Gasteiger partial charge >= 0.3 is 0 Å². The predicted octanol–water partition coefficient (Wildman–Crippen LogP) is 3.19. The lowest BCUT2D eigenvalue weighted by molar-refractivity contribution is -0.384. The molecule has 0 spiro atoms. The van der Waals surface area contributed by atoms with Crippen LogP contribution in [0.2, 0.25) is 0 Å². The highest BCUT2D eigenvalue weighted by Crippen LogP contribution is 2.24. The van der Waals surface area contributed by atoms with Crippen LogP contribution >= 0.6 is 0 Å². The minimum absolute atomic E-state index is 0.0298. The largest absolute Gasteiger partial charge is 0.388 e. The normalized spacial score (nSPS) is 14.2. The van der Waals surface area contributed by atoms with Crippen LogP contribution in [0.5, 0.6) is 0 Å². The third kappa shape index (κ3) is 5.26. The van der Waals surface area contributed by atoms with Crippen molar-refractivity contribution in [3.8, 4) is 0 Å². The number of nitro groups is 1. The minimum atomic E-state index is -0.867. The Labute approximate surface area is 113 Å². The molecule has 0 heterocycles. The van der Waals surface area contributed by atoms with Crippen LogP contribution in [0.15, 0.2) is 24.3 Å². The fraction of sp³-hybridized carbons (Fsp3) is 0.571. The molecule has 0 aliphatic heterocycles. The van der Waals surface area contributed by atoms with Gasteiger partial charge in [0, 0.05) is 12.6 Å². The summed E-state index contributed by atoms with van der Waals surface area (Å²) in [6, 6.07) is 6.46. The summed E-state index contributed by atoms with van der Waals surface area (Å²) in [4.78, 5) is 10.4. The van der Waals surface area contributed by atoms with Crippen LogP contribution in [0.3, 0.4) is 0 Å². The van der Waals surface area contributed by atoms with Crippen LogP contribution in [-0.2, 0) is 0 Å². The number of nitro benzene ring substituents is 1. The summed E-state index contributed by atoms with van der Waals surface area (Å²) in [5, 5.41) is 24.1. The van der Waals surface area contributed by atoms with E-state index in [1.54, 1.807) is 25.1 Å². The summed E-state index contributed by atoms with van der Waals surface area (Å²) < 4.78 is 0. The van der Waals surface area contributed by atoms with E-state index in [1.165, 1.54) is 6.07 Å². The summed E-state index contributed by atoms with van der Waals surface area (Å²) in [5.41, 5.74) is -0.395. The second-order valence-electron chi connectivity index (χ2n) is 5.56. The van der Waals surface area contributed by atoms with Crippen molar-refractivity contribution in [1.82, 2.24) is 0 Å². The Hall–Kier alpha value is -1.62. The zero-order valence-electron chi connectivity index (χ0n) is 11.7. The van der Waals surface area contributed by atoms with E-state index >= 15 is 0 Å². The maximum absolute atomic E-state index is 10.9. The molecular weight excluding hydrogens is 244 g/mol. The van der Waals surface area contributed by atoms with Crippen molar-refractivity contribution in [2.24, 2.45) is 5.92 Å². The first-order chi connectivity index (χ1) is 8.82. The fourth-order valence-corrected chi connectivity index (χ4v) is 1.76. The molecule has 5 nitrogen and oxygen atoms in total. The van der Waals surface area contributed by atoms with Crippen LogP contribution in [0, 0.1) is 16.0 Å². The predicted molar refractivity (Wildman–Crippen MR) is 76.3 cm³/mol. The summed E-state index contributed by atoms with van der Waals surface area (Å²) in [6.45, 7) is 6.25. The summed E-state index contributed by atoms with van der Waals surface area (Å²) >= 11 is 0. The van der Waals surface area contributed by atoms with E-state index < -0.39 is 10.5 Å². The molecule has 1 rings (SSSR count). The van der Waals surface area contributed by atoms with Crippen LogP contribution in [0.25, 0.3) is 0 Å². The number of anilines is 1. The van der Waals surface area contributed by atoms with Crippen LogP contribution < -0.4 is 5.32 Å². The van der Waals surface area contributed by atoms with Gasteiger partial charge in [-0.3, -0.25) is 10.1 Å². The van der Waals surface area contributed by atoms with E-state index in [0.717, 1.165) is 6.42 Å². The molecule has 0 fully saturated rings. The second-order valence-corrected chi connectivity index (χ2v) is 5.56. The average Bonchev–Trinajstić information content (AvgIpc) is 2.34. The molecule has 2 N–H and O–H groups in total. The van der Waals surface area contributed by atoms with Gasteiger partial charge in [0.2, 0.25) is 0 Å². The van der Waals surface area contributed by atoms with E-state index in [0.29, 0.717) is 24.6 Å². The molecule has 0 saturated carbocycles. The lowest BCUT2D eigenvalue weighted by Gasteiger charge is -2.25. The molecule has 19 heavy (non-hydrogen) atoms. The van der Waals surface area contributed by atoms with E-state index in [-0.39, 0.29) is 5.69 Å². The lowest BCUT2D eigenvalue weighted by Crippen LogP contribution is -2.33. The highest BCUT2D eigenvalue weighted by atomic mass is 16.6. The molecule has 1 aromatic rings. The first-order valence-electron chi connectivity index (χ1n) is 6.51. The molecule has 0 bridgehead atoms. The maximum Gasteiger partial charge on any atom is 0.292 e. The molecule has 0 aliphatic rings. The third-order valence-corrected chi connectivity index (χ3v) is 3.02. The molecule has 0 saturated heterocycles. The van der Waals surface area contributed by atoms with Crippen molar-refractivity contribution in [1.29, 1.82) is 0 Å². The monoisotopic (exact) mass is 266 g/mol. The fourth-order valence-electron chi connectivity index (χ4n) is 1.76. The van der Waals surface area contributed by atoms with Gasteiger partial charge in [0.1, 0.15) is 5.69 Å².